The first-order valence-electron chi connectivity index (χ1n) is 13.4. The number of fused-ring (bicyclic) bond motifs is 3. The zero-order valence-electron chi connectivity index (χ0n) is 21.1. The minimum atomic E-state index is -0.994. The highest BCUT2D eigenvalue weighted by Crippen LogP contribution is 2.41. The Balaban J connectivity index is 1.62. The SMILES string of the molecule is CC(=O)Nc1c2n(c3ccccc13)C[C@@](C)(C(=O)NC1CCCCC1)N(C1CCCCCC1)C2=O. The van der Waals surface area contributed by atoms with Crippen LogP contribution in [0.2, 0.25) is 0 Å². The molecule has 7 nitrogen and oxygen atoms in total. The van der Waals surface area contributed by atoms with Crippen LogP contribution in [0.1, 0.15) is 95.0 Å². The van der Waals surface area contributed by atoms with Crippen LogP contribution in [0.25, 0.3) is 10.9 Å². The quantitative estimate of drug-likeness (QED) is 0.608. The Bertz CT molecular complexity index is 1120. The van der Waals surface area contributed by atoms with Gasteiger partial charge >= 0.3 is 0 Å². The molecule has 3 aliphatic rings. The van der Waals surface area contributed by atoms with E-state index in [9.17, 15) is 14.4 Å². The smallest absolute Gasteiger partial charge is 0.273 e. The number of aromatic nitrogens is 1. The summed E-state index contributed by atoms with van der Waals surface area (Å²) >= 11 is 0. The first kappa shape index (κ1) is 23.9. The summed E-state index contributed by atoms with van der Waals surface area (Å²) in [4.78, 5) is 42.4. The summed E-state index contributed by atoms with van der Waals surface area (Å²) in [5.74, 6) is -0.405. The van der Waals surface area contributed by atoms with E-state index in [0.717, 1.165) is 62.3 Å². The Morgan fingerprint density at radius 3 is 2.26 bits per heavy atom. The number of rotatable bonds is 4. The van der Waals surface area contributed by atoms with E-state index >= 15 is 0 Å². The van der Waals surface area contributed by atoms with Gasteiger partial charge in [0.2, 0.25) is 11.8 Å². The number of nitrogens with one attached hydrogen (secondary N) is 2. The van der Waals surface area contributed by atoms with Crippen LogP contribution in [0.4, 0.5) is 5.69 Å². The topological polar surface area (TPSA) is 83.4 Å². The van der Waals surface area contributed by atoms with E-state index in [1.54, 1.807) is 0 Å². The van der Waals surface area contributed by atoms with Crippen LogP contribution >= 0.6 is 0 Å². The molecule has 0 radical (unpaired) electrons. The Hall–Kier alpha value is -2.83. The van der Waals surface area contributed by atoms with Gasteiger partial charge in [0.1, 0.15) is 11.2 Å². The van der Waals surface area contributed by atoms with Crippen molar-refractivity contribution in [3.63, 3.8) is 0 Å². The van der Waals surface area contributed by atoms with Gasteiger partial charge in [-0.3, -0.25) is 14.4 Å². The summed E-state index contributed by atoms with van der Waals surface area (Å²) in [5, 5.41) is 7.11. The van der Waals surface area contributed by atoms with E-state index < -0.39 is 5.54 Å². The number of carbonyl (C=O) groups excluding carboxylic acids is 3. The zero-order chi connectivity index (χ0) is 24.6. The van der Waals surface area contributed by atoms with E-state index in [1.807, 2.05) is 40.7 Å². The Morgan fingerprint density at radius 1 is 0.943 bits per heavy atom. The third kappa shape index (κ3) is 4.34. The number of benzene rings is 1. The average Bonchev–Trinajstić information content (AvgIpc) is 2.98. The number of nitrogens with zero attached hydrogens (tertiary/aromatic N) is 2. The molecular formula is C28H38N4O3. The number of para-hydroxylation sites is 1. The first-order chi connectivity index (χ1) is 16.9. The van der Waals surface area contributed by atoms with Crippen LogP contribution in [0.15, 0.2) is 24.3 Å². The molecule has 0 unspecified atom stereocenters. The molecule has 1 aliphatic heterocycles. The second-order valence-electron chi connectivity index (χ2n) is 10.9. The summed E-state index contributed by atoms with van der Waals surface area (Å²) in [7, 11) is 0. The fourth-order valence-electron chi connectivity index (χ4n) is 6.57. The van der Waals surface area contributed by atoms with Gasteiger partial charge in [0.25, 0.3) is 5.91 Å². The lowest BCUT2D eigenvalue weighted by Crippen LogP contribution is -2.67. The van der Waals surface area contributed by atoms with Gasteiger partial charge in [-0.15, -0.1) is 0 Å². The fourth-order valence-corrected chi connectivity index (χ4v) is 6.57. The van der Waals surface area contributed by atoms with Crippen LogP contribution in [-0.4, -0.2) is 44.8 Å². The van der Waals surface area contributed by atoms with E-state index in [0.29, 0.717) is 17.9 Å². The number of hydrogen-bond acceptors (Lipinski definition) is 3. The number of amides is 3. The van der Waals surface area contributed by atoms with Crippen molar-refractivity contribution < 1.29 is 14.4 Å². The maximum absolute atomic E-state index is 14.4. The van der Waals surface area contributed by atoms with Gasteiger partial charge in [0.05, 0.1) is 17.7 Å². The van der Waals surface area contributed by atoms with Crippen molar-refractivity contribution in [1.82, 2.24) is 14.8 Å². The predicted octanol–water partition coefficient (Wildman–Crippen LogP) is 4.99. The molecule has 35 heavy (non-hydrogen) atoms. The highest BCUT2D eigenvalue weighted by Gasteiger charge is 2.51. The molecule has 0 bridgehead atoms. The summed E-state index contributed by atoms with van der Waals surface area (Å²) in [6.07, 6.45) is 11.8. The van der Waals surface area contributed by atoms with Crippen molar-refractivity contribution in [2.75, 3.05) is 5.32 Å². The first-order valence-corrected chi connectivity index (χ1v) is 13.4. The Kier molecular flexibility index (Phi) is 6.60. The molecule has 5 rings (SSSR count). The molecule has 2 aromatic rings. The van der Waals surface area contributed by atoms with Crippen LogP contribution in [0.3, 0.4) is 0 Å². The fraction of sp³-hybridized carbons (Fsp3) is 0.607. The van der Waals surface area contributed by atoms with Crippen molar-refractivity contribution in [2.45, 2.75) is 109 Å². The van der Waals surface area contributed by atoms with Gasteiger partial charge in [-0.25, -0.2) is 0 Å². The minimum absolute atomic E-state index is 0.0176. The molecule has 2 N–H and O–H groups in total. The van der Waals surface area contributed by atoms with Crippen LogP contribution in [0.5, 0.6) is 0 Å². The van der Waals surface area contributed by atoms with Gasteiger partial charge < -0.3 is 20.1 Å². The highest BCUT2D eigenvalue weighted by molar-refractivity contribution is 6.14. The van der Waals surface area contributed by atoms with Gasteiger partial charge in [-0.2, -0.15) is 0 Å². The third-order valence-electron chi connectivity index (χ3n) is 8.31. The van der Waals surface area contributed by atoms with E-state index in [-0.39, 0.29) is 29.8 Å². The molecule has 2 fully saturated rings. The molecule has 188 valence electrons. The summed E-state index contributed by atoms with van der Waals surface area (Å²) in [5.41, 5.74) is 0.933. The second kappa shape index (κ2) is 9.67. The summed E-state index contributed by atoms with van der Waals surface area (Å²) in [6, 6.07) is 7.96. The second-order valence-corrected chi connectivity index (χ2v) is 10.9. The lowest BCUT2D eigenvalue weighted by molar-refractivity contribution is -0.135. The van der Waals surface area contributed by atoms with Crippen LogP contribution in [-0.2, 0) is 16.1 Å². The lowest BCUT2D eigenvalue weighted by atomic mass is 9.88. The standard InChI is InChI=1S/C28H38N4O3/c1-19(33)29-24-22-16-10-11-17-23(22)31-18-28(2,27(35)30-20-12-6-5-7-13-20)32(26(34)25(24)31)21-14-8-3-4-9-15-21/h10-11,16-17,20-21H,3-9,12-15,18H2,1-2H3,(H,29,33)(H,30,35)/t28-/m0/s1. The molecule has 1 aromatic carbocycles. The van der Waals surface area contributed by atoms with E-state index in [1.165, 1.54) is 26.2 Å². The minimum Gasteiger partial charge on any atom is -0.351 e. The maximum Gasteiger partial charge on any atom is 0.273 e. The largest absolute Gasteiger partial charge is 0.351 e. The van der Waals surface area contributed by atoms with Crippen molar-refractivity contribution >= 4 is 34.3 Å². The van der Waals surface area contributed by atoms with Crippen molar-refractivity contribution in [2.24, 2.45) is 0 Å². The average molecular weight is 479 g/mol. The number of carbonyl (C=O) groups is 3. The van der Waals surface area contributed by atoms with Crippen molar-refractivity contribution in [1.29, 1.82) is 0 Å². The molecule has 1 aromatic heterocycles. The maximum atomic E-state index is 14.4. The molecule has 2 saturated carbocycles. The van der Waals surface area contributed by atoms with E-state index in [4.69, 9.17) is 0 Å². The Morgan fingerprint density at radius 2 is 1.57 bits per heavy atom. The number of hydrogen-bond donors (Lipinski definition) is 2. The molecule has 1 atom stereocenters. The van der Waals surface area contributed by atoms with E-state index in [2.05, 4.69) is 10.6 Å². The zero-order valence-corrected chi connectivity index (χ0v) is 21.1. The molecule has 0 saturated heterocycles. The van der Waals surface area contributed by atoms with Gasteiger partial charge in [0, 0.05) is 24.4 Å². The summed E-state index contributed by atoms with van der Waals surface area (Å²) in [6.45, 7) is 3.80. The van der Waals surface area contributed by atoms with Gasteiger partial charge in [-0.1, -0.05) is 63.1 Å². The molecule has 2 aliphatic carbocycles. The normalized spacial score (nSPS) is 24.2. The van der Waals surface area contributed by atoms with Crippen molar-refractivity contribution in [3.8, 4) is 0 Å². The monoisotopic (exact) mass is 478 g/mol. The van der Waals surface area contributed by atoms with Crippen molar-refractivity contribution in [3.05, 3.63) is 30.0 Å². The van der Waals surface area contributed by atoms with Crippen LogP contribution < -0.4 is 10.6 Å². The highest BCUT2D eigenvalue weighted by atomic mass is 16.2. The van der Waals surface area contributed by atoms with Gasteiger partial charge in [-0.05, 0) is 38.7 Å². The molecule has 3 amide bonds. The van der Waals surface area contributed by atoms with Gasteiger partial charge in [0.15, 0.2) is 0 Å². The Labute approximate surface area is 207 Å². The number of anilines is 1. The molecule has 7 heteroatoms. The molecular weight excluding hydrogens is 440 g/mol. The predicted molar refractivity (Wildman–Crippen MR) is 137 cm³/mol. The molecule has 0 spiro atoms. The molecule has 2 heterocycles. The lowest BCUT2D eigenvalue weighted by Gasteiger charge is -2.48. The van der Waals surface area contributed by atoms with Crippen LogP contribution in [0, 0.1) is 0 Å². The third-order valence-corrected chi connectivity index (χ3v) is 8.31. The summed E-state index contributed by atoms with van der Waals surface area (Å²) < 4.78 is 1.97.